The fourth-order valence-corrected chi connectivity index (χ4v) is 3.58. The number of aryl methyl sites for hydroxylation is 1. The van der Waals surface area contributed by atoms with Gasteiger partial charge in [-0.1, -0.05) is 18.2 Å². The number of aromatic nitrogens is 1. The van der Waals surface area contributed by atoms with Crippen LogP contribution in [0.3, 0.4) is 0 Å². The minimum Gasteiger partial charge on any atom is -0.468 e. The summed E-state index contributed by atoms with van der Waals surface area (Å²) in [4.78, 5) is 28.2. The van der Waals surface area contributed by atoms with Crippen molar-refractivity contribution in [1.29, 1.82) is 0 Å². The summed E-state index contributed by atoms with van der Waals surface area (Å²) in [5.74, 6) is -0.716. The van der Waals surface area contributed by atoms with Gasteiger partial charge in [0, 0.05) is 16.0 Å². The van der Waals surface area contributed by atoms with Crippen LogP contribution in [-0.4, -0.2) is 24.3 Å². The van der Waals surface area contributed by atoms with Crippen LogP contribution in [0.1, 0.15) is 22.2 Å². The fourth-order valence-electron chi connectivity index (χ4n) is 1.88. The van der Waals surface area contributed by atoms with Gasteiger partial charge in [-0.15, -0.1) is 23.1 Å². The summed E-state index contributed by atoms with van der Waals surface area (Å²) in [7, 11) is 1.28. The van der Waals surface area contributed by atoms with E-state index in [2.05, 4.69) is 9.72 Å². The lowest BCUT2D eigenvalue weighted by Crippen LogP contribution is -2.16. The Labute approximate surface area is 131 Å². The summed E-state index contributed by atoms with van der Waals surface area (Å²) in [6.45, 7) is 1.96. The van der Waals surface area contributed by atoms with Crippen LogP contribution in [0.2, 0.25) is 0 Å². The van der Waals surface area contributed by atoms with Gasteiger partial charge in [-0.3, -0.25) is 4.79 Å². The normalized spacial score (nSPS) is 11.9. The molecular formula is C15H15NO3S2. The Balaban J connectivity index is 2.19. The number of ether oxygens (including phenoxy) is 1. The standard InChI is InChI=1S/C15H15NO3S2/c1-10-16-11(8-20-10)9-21-14-6-4-3-5-12(14)13(7-17)15(18)19-2/h3-8,13H,9H2,1-2H3. The first-order valence-electron chi connectivity index (χ1n) is 6.31. The molecule has 4 nitrogen and oxygen atoms in total. The number of carbonyl (C=O) groups is 2. The molecule has 0 spiro atoms. The van der Waals surface area contributed by atoms with Crippen molar-refractivity contribution in [3.8, 4) is 0 Å². The molecule has 0 aliphatic heterocycles. The van der Waals surface area contributed by atoms with Gasteiger partial charge in [0.1, 0.15) is 12.2 Å². The topological polar surface area (TPSA) is 56.3 Å². The lowest BCUT2D eigenvalue weighted by Gasteiger charge is -2.12. The molecule has 6 heteroatoms. The summed E-state index contributed by atoms with van der Waals surface area (Å²) in [5.41, 5.74) is 1.68. The van der Waals surface area contributed by atoms with E-state index >= 15 is 0 Å². The monoisotopic (exact) mass is 321 g/mol. The lowest BCUT2D eigenvalue weighted by molar-refractivity contribution is -0.143. The maximum Gasteiger partial charge on any atom is 0.320 e. The van der Waals surface area contributed by atoms with Crippen LogP contribution in [-0.2, 0) is 20.1 Å². The highest BCUT2D eigenvalue weighted by Crippen LogP contribution is 2.31. The quantitative estimate of drug-likeness (QED) is 0.354. The molecule has 0 bridgehead atoms. The predicted molar refractivity (Wildman–Crippen MR) is 83.7 cm³/mol. The van der Waals surface area contributed by atoms with E-state index < -0.39 is 11.9 Å². The molecule has 0 saturated heterocycles. The molecule has 0 N–H and O–H groups in total. The highest BCUT2D eigenvalue weighted by molar-refractivity contribution is 7.98. The van der Waals surface area contributed by atoms with E-state index in [0.717, 1.165) is 15.6 Å². The van der Waals surface area contributed by atoms with Crippen LogP contribution in [0.5, 0.6) is 0 Å². The number of nitrogens with zero attached hydrogens (tertiary/aromatic N) is 1. The van der Waals surface area contributed by atoms with Crippen LogP contribution in [0, 0.1) is 6.92 Å². The number of hydrogen-bond acceptors (Lipinski definition) is 6. The zero-order valence-electron chi connectivity index (χ0n) is 11.7. The van der Waals surface area contributed by atoms with Crippen LogP contribution in [0.15, 0.2) is 34.5 Å². The van der Waals surface area contributed by atoms with Crippen molar-refractivity contribution in [3.05, 3.63) is 45.9 Å². The SMILES string of the molecule is COC(=O)C(C=O)c1ccccc1SCc1csc(C)n1. The smallest absolute Gasteiger partial charge is 0.320 e. The van der Waals surface area contributed by atoms with Crippen molar-refractivity contribution in [2.75, 3.05) is 7.11 Å². The molecule has 2 rings (SSSR count). The van der Waals surface area contributed by atoms with Gasteiger partial charge < -0.3 is 9.53 Å². The molecule has 1 unspecified atom stereocenters. The molecule has 0 radical (unpaired) electrons. The average molecular weight is 321 g/mol. The maximum atomic E-state index is 11.7. The number of thioether (sulfide) groups is 1. The molecule has 21 heavy (non-hydrogen) atoms. The van der Waals surface area contributed by atoms with Gasteiger partial charge in [-0.05, 0) is 18.6 Å². The second-order valence-corrected chi connectivity index (χ2v) is 6.40. The minimum atomic E-state index is -0.879. The summed E-state index contributed by atoms with van der Waals surface area (Å²) >= 11 is 3.17. The Morgan fingerprint density at radius 2 is 2.24 bits per heavy atom. The number of rotatable bonds is 6. The molecule has 0 aliphatic carbocycles. The second kappa shape index (κ2) is 7.38. The number of carbonyl (C=O) groups excluding carboxylic acids is 2. The Morgan fingerprint density at radius 3 is 2.86 bits per heavy atom. The van der Waals surface area contributed by atoms with Crippen LogP contribution in [0.4, 0.5) is 0 Å². The van der Waals surface area contributed by atoms with E-state index in [-0.39, 0.29) is 0 Å². The van der Waals surface area contributed by atoms with Gasteiger partial charge in [0.05, 0.1) is 17.8 Å². The Kier molecular flexibility index (Phi) is 5.52. The van der Waals surface area contributed by atoms with Crippen molar-refractivity contribution in [3.63, 3.8) is 0 Å². The number of methoxy groups -OCH3 is 1. The Hall–Kier alpha value is -1.66. The Morgan fingerprint density at radius 1 is 1.48 bits per heavy atom. The average Bonchev–Trinajstić information content (AvgIpc) is 2.92. The summed E-state index contributed by atoms with van der Waals surface area (Å²) in [6, 6.07) is 7.38. The number of benzene rings is 1. The third-order valence-corrected chi connectivity index (χ3v) is 4.83. The van der Waals surface area contributed by atoms with Gasteiger partial charge in [0.25, 0.3) is 0 Å². The number of hydrogen-bond donors (Lipinski definition) is 0. The highest BCUT2D eigenvalue weighted by atomic mass is 32.2. The first-order valence-corrected chi connectivity index (χ1v) is 8.18. The van der Waals surface area contributed by atoms with Gasteiger partial charge >= 0.3 is 5.97 Å². The first kappa shape index (κ1) is 15.7. The zero-order chi connectivity index (χ0) is 15.2. The van der Waals surface area contributed by atoms with E-state index in [1.807, 2.05) is 30.5 Å². The molecule has 1 aromatic heterocycles. The van der Waals surface area contributed by atoms with E-state index in [1.54, 1.807) is 29.2 Å². The van der Waals surface area contributed by atoms with Crippen LogP contribution >= 0.6 is 23.1 Å². The van der Waals surface area contributed by atoms with Crippen molar-refractivity contribution >= 4 is 35.4 Å². The fraction of sp³-hybridized carbons (Fsp3) is 0.267. The highest BCUT2D eigenvalue weighted by Gasteiger charge is 2.23. The number of thiazole rings is 1. The zero-order valence-corrected chi connectivity index (χ0v) is 13.4. The van der Waals surface area contributed by atoms with Crippen molar-refractivity contribution in [2.24, 2.45) is 0 Å². The molecule has 2 aromatic rings. The van der Waals surface area contributed by atoms with Gasteiger partial charge in [-0.2, -0.15) is 0 Å². The maximum absolute atomic E-state index is 11.7. The molecule has 1 atom stereocenters. The Bertz CT molecular complexity index is 639. The lowest BCUT2D eigenvalue weighted by atomic mass is 10.0. The minimum absolute atomic E-state index is 0.539. The first-order chi connectivity index (χ1) is 10.2. The number of aldehydes is 1. The molecular weight excluding hydrogens is 306 g/mol. The molecule has 0 aliphatic rings. The summed E-state index contributed by atoms with van der Waals surface area (Å²) in [6.07, 6.45) is 0.623. The van der Waals surface area contributed by atoms with Crippen LogP contribution < -0.4 is 0 Å². The van der Waals surface area contributed by atoms with E-state index in [4.69, 9.17) is 0 Å². The molecule has 1 heterocycles. The molecule has 1 aromatic carbocycles. The van der Waals surface area contributed by atoms with Crippen molar-refractivity contribution in [2.45, 2.75) is 23.5 Å². The summed E-state index contributed by atoms with van der Waals surface area (Å²) < 4.78 is 4.69. The van der Waals surface area contributed by atoms with Gasteiger partial charge in [-0.25, -0.2) is 4.98 Å². The molecule has 0 saturated carbocycles. The third kappa shape index (κ3) is 3.92. The second-order valence-electron chi connectivity index (χ2n) is 4.32. The summed E-state index contributed by atoms with van der Waals surface area (Å²) in [5, 5.41) is 3.04. The molecule has 0 amide bonds. The van der Waals surface area contributed by atoms with Crippen molar-refractivity contribution in [1.82, 2.24) is 4.98 Å². The van der Waals surface area contributed by atoms with Gasteiger partial charge in [0.2, 0.25) is 0 Å². The van der Waals surface area contributed by atoms with Crippen molar-refractivity contribution < 1.29 is 14.3 Å². The third-order valence-electron chi connectivity index (χ3n) is 2.89. The van der Waals surface area contributed by atoms with Crippen LogP contribution in [0.25, 0.3) is 0 Å². The van der Waals surface area contributed by atoms with E-state index in [0.29, 0.717) is 17.6 Å². The van der Waals surface area contributed by atoms with Gasteiger partial charge in [0.15, 0.2) is 0 Å². The number of esters is 1. The molecule has 0 fully saturated rings. The van der Waals surface area contributed by atoms with E-state index in [1.165, 1.54) is 7.11 Å². The predicted octanol–water partition coefficient (Wildman–Crippen LogP) is 3.20. The largest absolute Gasteiger partial charge is 0.468 e. The van der Waals surface area contributed by atoms with E-state index in [9.17, 15) is 9.59 Å². The molecule has 110 valence electrons.